The molecule has 0 spiro atoms. The Balaban J connectivity index is 1.87. The second-order valence-electron chi connectivity index (χ2n) is 6.81. The van der Waals surface area contributed by atoms with Crippen LogP contribution in [0.3, 0.4) is 0 Å². The Bertz CT molecular complexity index is 1230. The number of aromatic hydroxyl groups is 1. The Kier molecular flexibility index (Phi) is 4.50. The number of rotatable bonds is 5. The van der Waals surface area contributed by atoms with E-state index in [0.29, 0.717) is 16.6 Å². The summed E-state index contributed by atoms with van der Waals surface area (Å²) in [6.07, 6.45) is 0.0806. The zero-order valence-electron chi connectivity index (χ0n) is 15.8. The third-order valence-corrected chi connectivity index (χ3v) is 4.98. The van der Waals surface area contributed by atoms with Gasteiger partial charge in [0.25, 0.3) is 5.91 Å². The van der Waals surface area contributed by atoms with E-state index in [9.17, 15) is 29.7 Å². The van der Waals surface area contributed by atoms with Crippen molar-refractivity contribution in [2.45, 2.75) is 19.4 Å². The first kappa shape index (κ1) is 19.2. The number of aliphatic hydroxyl groups is 1. The fraction of sp³-hybridized carbons (Fsp3) is 0.143. The number of carboxylic acid groups (broad SMARTS) is 1. The molecule has 0 saturated heterocycles. The van der Waals surface area contributed by atoms with Gasteiger partial charge in [0.15, 0.2) is 11.5 Å². The van der Waals surface area contributed by atoms with Crippen molar-refractivity contribution in [1.82, 2.24) is 9.97 Å². The number of aromatic carboxylic acids is 1. The molecule has 1 aliphatic heterocycles. The number of phenols is 1. The first-order valence-corrected chi connectivity index (χ1v) is 9.13. The summed E-state index contributed by atoms with van der Waals surface area (Å²) in [6, 6.07) is 9.25. The van der Waals surface area contributed by atoms with Crippen molar-refractivity contribution < 1.29 is 29.7 Å². The Hall–Kier alpha value is -4.14. The Morgan fingerprint density at radius 1 is 1.13 bits per heavy atom. The molecular formula is C21H17N3O6. The molecule has 2 aromatic carbocycles. The Morgan fingerprint density at radius 3 is 2.47 bits per heavy atom. The van der Waals surface area contributed by atoms with Crippen LogP contribution in [0.2, 0.25) is 0 Å². The molecule has 152 valence electrons. The minimum atomic E-state index is -1.11. The lowest BCUT2D eigenvalue weighted by Gasteiger charge is -2.24. The number of H-pyrrole nitrogens is 1. The molecule has 0 radical (unpaired) electrons. The minimum absolute atomic E-state index is 0.0103. The first-order valence-electron chi connectivity index (χ1n) is 9.13. The van der Waals surface area contributed by atoms with Crippen molar-refractivity contribution in [2.24, 2.45) is 0 Å². The summed E-state index contributed by atoms with van der Waals surface area (Å²) in [5.41, 5.74) is 1.29. The number of carbonyl (C=O) groups excluding carboxylic acids is 2. The third-order valence-electron chi connectivity index (χ3n) is 4.98. The number of aliphatic hydroxyl groups excluding tert-OH is 1. The van der Waals surface area contributed by atoms with Crippen molar-refractivity contribution in [3.63, 3.8) is 0 Å². The summed E-state index contributed by atoms with van der Waals surface area (Å²) in [5.74, 6) is -2.90. The molecule has 2 heterocycles. The molecule has 0 aliphatic carbocycles. The van der Waals surface area contributed by atoms with Gasteiger partial charge in [0.05, 0.1) is 28.2 Å². The highest BCUT2D eigenvalue weighted by Gasteiger charge is 2.45. The zero-order chi connectivity index (χ0) is 21.6. The summed E-state index contributed by atoms with van der Waals surface area (Å²) < 4.78 is 0. The average molecular weight is 407 g/mol. The van der Waals surface area contributed by atoms with Gasteiger partial charge < -0.3 is 20.3 Å². The van der Waals surface area contributed by atoms with Crippen LogP contribution in [0.1, 0.15) is 35.3 Å². The third kappa shape index (κ3) is 2.96. The normalized spacial score (nSPS) is 16.5. The van der Waals surface area contributed by atoms with Gasteiger partial charge in [-0.1, -0.05) is 19.1 Å². The Labute approximate surface area is 169 Å². The van der Waals surface area contributed by atoms with Crippen molar-refractivity contribution >= 4 is 34.6 Å². The van der Waals surface area contributed by atoms with E-state index < -0.39 is 29.5 Å². The SMILES string of the molecule is CCC(=O)C1=C(O)C(=O)N(c2nc3ccc(C(=O)O)cc3[nH]2)C1c1ccc(O)cc1. The van der Waals surface area contributed by atoms with Gasteiger partial charge in [-0.3, -0.25) is 14.5 Å². The van der Waals surface area contributed by atoms with Gasteiger partial charge in [-0.2, -0.15) is 0 Å². The quantitative estimate of drug-likeness (QED) is 0.509. The number of fused-ring (bicyclic) bond motifs is 1. The van der Waals surface area contributed by atoms with Gasteiger partial charge in [0.1, 0.15) is 5.75 Å². The molecule has 1 unspecified atom stereocenters. The lowest BCUT2D eigenvalue weighted by molar-refractivity contribution is -0.118. The monoisotopic (exact) mass is 407 g/mol. The van der Waals surface area contributed by atoms with Crippen LogP contribution >= 0.6 is 0 Å². The topological polar surface area (TPSA) is 144 Å². The van der Waals surface area contributed by atoms with Crippen LogP contribution in [0, 0.1) is 0 Å². The van der Waals surface area contributed by atoms with Gasteiger partial charge >= 0.3 is 5.97 Å². The van der Waals surface area contributed by atoms with Crippen LogP contribution < -0.4 is 4.90 Å². The number of benzene rings is 2. The number of amides is 1. The second-order valence-corrected chi connectivity index (χ2v) is 6.81. The van der Waals surface area contributed by atoms with Crippen molar-refractivity contribution in [3.8, 4) is 5.75 Å². The summed E-state index contributed by atoms with van der Waals surface area (Å²) in [7, 11) is 0. The fourth-order valence-electron chi connectivity index (χ4n) is 3.51. The number of hydrogen-bond acceptors (Lipinski definition) is 6. The maximum absolute atomic E-state index is 12.9. The number of aromatic amines is 1. The molecule has 4 rings (SSSR count). The first-order chi connectivity index (χ1) is 14.3. The molecule has 1 atom stereocenters. The number of carboxylic acids is 1. The van der Waals surface area contributed by atoms with Crippen molar-refractivity contribution in [3.05, 3.63) is 64.9 Å². The fourth-order valence-corrected chi connectivity index (χ4v) is 3.51. The average Bonchev–Trinajstić information content (AvgIpc) is 3.26. The molecule has 4 N–H and O–H groups in total. The summed E-state index contributed by atoms with van der Waals surface area (Å²) in [5, 5.41) is 29.2. The van der Waals surface area contributed by atoms with E-state index in [-0.39, 0.29) is 29.3 Å². The molecule has 30 heavy (non-hydrogen) atoms. The predicted octanol–water partition coefficient (Wildman–Crippen LogP) is 2.85. The van der Waals surface area contributed by atoms with E-state index in [0.717, 1.165) is 4.90 Å². The number of nitrogens with zero attached hydrogens (tertiary/aromatic N) is 2. The number of nitrogens with one attached hydrogen (secondary N) is 1. The zero-order valence-corrected chi connectivity index (χ0v) is 15.8. The number of ketones is 1. The molecule has 1 aromatic heterocycles. The number of aromatic nitrogens is 2. The highest BCUT2D eigenvalue weighted by Crippen LogP contribution is 2.41. The molecule has 0 saturated carbocycles. The van der Waals surface area contributed by atoms with Gasteiger partial charge in [-0.25, -0.2) is 9.78 Å². The number of imidazole rings is 1. The predicted molar refractivity (Wildman–Crippen MR) is 106 cm³/mol. The standard InChI is InChI=1S/C21H17N3O6/c1-2-15(26)16-17(10-3-6-12(25)7-4-10)24(19(28)18(16)27)21-22-13-8-5-11(20(29)30)9-14(13)23-21/h3-9,17,25,27H,2H2,1H3,(H,22,23)(H,29,30). The molecule has 9 nitrogen and oxygen atoms in total. The number of carbonyl (C=O) groups is 3. The van der Waals surface area contributed by atoms with Gasteiger partial charge in [0, 0.05) is 6.42 Å². The van der Waals surface area contributed by atoms with Crippen LogP contribution in [-0.2, 0) is 9.59 Å². The number of anilines is 1. The highest BCUT2D eigenvalue weighted by atomic mass is 16.4. The summed E-state index contributed by atoms with van der Waals surface area (Å²) in [6.45, 7) is 1.62. The van der Waals surface area contributed by atoms with Crippen LogP contribution in [0.25, 0.3) is 11.0 Å². The lowest BCUT2D eigenvalue weighted by Crippen LogP contribution is -2.31. The van der Waals surface area contributed by atoms with Crippen LogP contribution in [0.4, 0.5) is 5.95 Å². The van der Waals surface area contributed by atoms with Gasteiger partial charge in [-0.05, 0) is 35.9 Å². The lowest BCUT2D eigenvalue weighted by atomic mass is 9.95. The van der Waals surface area contributed by atoms with Crippen LogP contribution in [-0.4, -0.2) is 42.9 Å². The largest absolute Gasteiger partial charge is 0.508 e. The highest BCUT2D eigenvalue weighted by molar-refractivity contribution is 6.16. The van der Waals surface area contributed by atoms with Crippen molar-refractivity contribution in [1.29, 1.82) is 0 Å². The molecule has 9 heteroatoms. The second kappa shape index (κ2) is 7.03. The maximum Gasteiger partial charge on any atom is 0.335 e. The molecule has 3 aromatic rings. The van der Waals surface area contributed by atoms with E-state index in [4.69, 9.17) is 0 Å². The molecule has 1 aliphatic rings. The van der Waals surface area contributed by atoms with Crippen LogP contribution in [0.5, 0.6) is 5.75 Å². The summed E-state index contributed by atoms with van der Waals surface area (Å²) in [4.78, 5) is 45.1. The number of hydrogen-bond donors (Lipinski definition) is 4. The van der Waals surface area contributed by atoms with E-state index in [1.54, 1.807) is 19.1 Å². The maximum atomic E-state index is 12.9. The molecule has 1 amide bonds. The summed E-state index contributed by atoms with van der Waals surface area (Å²) >= 11 is 0. The van der Waals surface area contributed by atoms with E-state index >= 15 is 0 Å². The molecule has 0 fully saturated rings. The Morgan fingerprint density at radius 2 is 1.83 bits per heavy atom. The van der Waals surface area contributed by atoms with E-state index in [2.05, 4.69) is 9.97 Å². The number of Topliss-reactive ketones (excluding diaryl/α,β-unsaturated/α-hetero) is 1. The minimum Gasteiger partial charge on any atom is -0.508 e. The van der Waals surface area contributed by atoms with Gasteiger partial charge in [-0.15, -0.1) is 0 Å². The molecule has 0 bridgehead atoms. The van der Waals surface area contributed by atoms with Crippen LogP contribution in [0.15, 0.2) is 53.8 Å². The van der Waals surface area contributed by atoms with Crippen molar-refractivity contribution in [2.75, 3.05) is 4.90 Å². The van der Waals surface area contributed by atoms with Gasteiger partial charge in [0.2, 0.25) is 5.95 Å². The number of phenolic OH excluding ortho intramolecular Hbond substituents is 1. The van der Waals surface area contributed by atoms with E-state index in [1.165, 1.54) is 30.3 Å². The smallest absolute Gasteiger partial charge is 0.335 e. The van der Waals surface area contributed by atoms with E-state index in [1.807, 2.05) is 0 Å². The molecular weight excluding hydrogens is 390 g/mol.